The molecular formula is C21H14N4O2. The van der Waals surface area contributed by atoms with Gasteiger partial charge in [0.25, 0.3) is 0 Å². The Morgan fingerprint density at radius 3 is 2.78 bits per heavy atom. The molecule has 0 saturated heterocycles. The van der Waals surface area contributed by atoms with Gasteiger partial charge in [0, 0.05) is 28.2 Å². The number of hydrogen-bond donors (Lipinski definition) is 2. The van der Waals surface area contributed by atoms with Crippen molar-refractivity contribution < 1.29 is 9.90 Å². The molecular weight excluding hydrogens is 340 g/mol. The molecule has 2 N–H and O–H groups in total. The summed E-state index contributed by atoms with van der Waals surface area (Å²) in [6.45, 7) is 1.81. The van der Waals surface area contributed by atoms with E-state index in [9.17, 15) is 9.90 Å². The van der Waals surface area contributed by atoms with Gasteiger partial charge in [-0.2, -0.15) is 0 Å². The number of nitrogens with one attached hydrogen (secondary N) is 1. The SMILES string of the molecule is C#Cc1cccc(Nc2nc3cc(C(=O)O)ccc3c3cnc(C)nc23)c1. The van der Waals surface area contributed by atoms with E-state index in [4.69, 9.17) is 6.42 Å². The van der Waals surface area contributed by atoms with Crippen LogP contribution in [0.1, 0.15) is 21.7 Å². The van der Waals surface area contributed by atoms with Crippen molar-refractivity contribution in [2.45, 2.75) is 6.92 Å². The van der Waals surface area contributed by atoms with Gasteiger partial charge in [0.15, 0.2) is 5.82 Å². The monoisotopic (exact) mass is 354 g/mol. The summed E-state index contributed by atoms with van der Waals surface area (Å²) in [5.41, 5.74) is 2.88. The lowest BCUT2D eigenvalue weighted by Crippen LogP contribution is -2.01. The molecule has 0 saturated carbocycles. The van der Waals surface area contributed by atoms with E-state index >= 15 is 0 Å². The Bertz CT molecular complexity index is 1260. The number of pyridine rings is 1. The third kappa shape index (κ3) is 3.02. The zero-order valence-corrected chi connectivity index (χ0v) is 14.4. The fourth-order valence-corrected chi connectivity index (χ4v) is 2.92. The Kier molecular flexibility index (Phi) is 3.90. The maximum absolute atomic E-state index is 11.3. The second kappa shape index (κ2) is 6.39. The van der Waals surface area contributed by atoms with Crippen molar-refractivity contribution in [3.05, 3.63) is 65.6 Å². The first-order chi connectivity index (χ1) is 13.0. The van der Waals surface area contributed by atoms with E-state index in [-0.39, 0.29) is 5.56 Å². The molecule has 0 amide bonds. The van der Waals surface area contributed by atoms with Gasteiger partial charge < -0.3 is 10.4 Å². The first-order valence-electron chi connectivity index (χ1n) is 8.19. The highest BCUT2D eigenvalue weighted by Gasteiger charge is 2.13. The molecule has 0 fully saturated rings. The number of fused-ring (bicyclic) bond motifs is 3. The van der Waals surface area contributed by atoms with Gasteiger partial charge in [-0.05, 0) is 37.3 Å². The number of aromatic carboxylic acids is 1. The van der Waals surface area contributed by atoms with Crippen LogP contribution < -0.4 is 5.32 Å². The fourth-order valence-electron chi connectivity index (χ4n) is 2.92. The van der Waals surface area contributed by atoms with Crippen molar-refractivity contribution in [1.29, 1.82) is 0 Å². The number of rotatable bonds is 3. The molecule has 4 rings (SSSR count). The van der Waals surface area contributed by atoms with Crippen LogP contribution in [0.25, 0.3) is 21.8 Å². The van der Waals surface area contributed by atoms with Crippen LogP contribution in [0, 0.1) is 19.3 Å². The lowest BCUT2D eigenvalue weighted by Gasteiger charge is -2.12. The van der Waals surface area contributed by atoms with Crippen LogP contribution in [0.3, 0.4) is 0 Å². The molecule has 0 bridgehead atoms. The van der Waals surface area contributed by atoms with Gasteiger partial charge >= 0.3 is 5.97 Å². The standard InChI is InChI=1S/C21H14N4O2/c1-3-13-5-4-6-15(9-13)24-20-19-17(11-22-12(2)23-19)16-8-7-14(21(26)27)10-18(16)25-20/h1,4-11H,2H3,(H,24,25)(H,26,27). The highest BCUT2D eigenvalue weighted by Crippen LogP contribution is 2.30. The van der Waals surface area contributed by atoms with E-state index in [0.29, 0.717) is 22.7 Å². The number of carboxylic acid groups (broad SMARTS) is 1. The molecule has 27 heavy (non-hydrogen) atoms. The predicted octanol–water partition coefficient (Wildman–Crippen LogP) is 3.91. The summed E-state index contributed by atoms with van der Waals surface area (Å²) >= 11 is 0. The number of carboxylic acids is 1. The normalized spacial score (nSPS) is 10.7. The third-order valence-corrected chi connectivity index (χ3v) is 4.19. The van der Waals surface area contributed by atoms with Gasteiger partial charge in [0.1, 0.15) is 11.3 Å². The van der Waals surface area contributed by atoms with E-state index in [1.54, 1.807) is 31.3 Å². The molecule has 0 aliphatic rings. The molecule has 0 radical (unpaired) electrons. The van der Waals surface area contributed by atoms with Crippen molar-refractivity contribution in [1.82, 2.24) is 15.0 Å². The van der Waals surface area contributed by atoms with E-state index in [1.165, 1.54) is 0 Å². The first-order valence-corrected chi connectivity index (χ1v) is 8.19. The number of aryl methyl sites for hydroxylation is 1. The summed E-state index contributed by atoms with van der Waals surface area (Å²) < 4.78 is 0. The van der Waals surface area contributed by atoms with E-state index in [0.717, 1.165) is 22.0 Å². The zero-order valence-electron chi connectivity index (χ0n) is 14.4. The third-order valence-electron chi connectivity index (χ3n) is 4.19. The highest BCUT2D eigenvalue weighted by atomic mass is 16.4. The maximum atomic E-state index is 11.3. The molecule has 130 valence electrons. The number of nitrogens with zero attached hydrogens (tertiary/aromatic N) is 3. The minimum Gasteiger partial charge on any atom is -0.478 e. The van der Waals surface area contributed by atoms with Crippen molar-refractivity contribution in [3.8, 4) is 12.3 Å². The van der Waals surface area contributed by atoms with Gasteiger partial charge in [-0.3, -0.25) is 0 Å². The summed E-state index contributed by atoms with van der Waals surface area (Å²) in [5.74, 6) is 2.72. The number of carbonyl (C=O) groups is 1. The van der Waals surface area contributed by atoms with Crippen molar-refractivity contribution >= 4 is 39.3 Å². The summed E-state index contributed by atoms with van der Waals surface area (Å²) in [5, 5.41) is 14.1. The van der Waals surface area contributed by atoms with E-state index in [2.05, 4.69) is 26.2 Å². The number of benzene rings is 2. The van der Waals surface area contributed by atoms with Crippen LogP contribution in [0.4, 0.5) is 11.5 Å². The van der Waals surface area contributed by atoms with Gasteiger partial charge in [-0.25, -0.2) is 19.7 Å². The largest absolute Gasteiger partial charge is 0.478 e. The van der Waals surface area contributed by atoms with Crippen LogP contribution in [-0.2, 0) is 0 Å². The molecule has 6 heteroatoms. The highest BCUT2D eigenvalue weighted by molar-refractivity contribution is 6.09. The molecule has 6 nitrogen and oxygen atoms in total. The van der Waals surface area contributed by atoms with Crippen LogP contribution in [0.5, 0.6) is 0 Å². The Labute approximate surface area is 154 Å². The smallest absolute Gasteiger partial charge is 0.335 e. The second-order valence-electron chi connectivity index (χ2n) is 6.03. The Morgan fingerprint density at radius 2 is 2.00 bits per heavy atom. The number of aromatic nitrogens is 3. The van der Waals surface area contributed by atoms with E-state index in [1.807, 2.05) is 24.3 Å². The predicted molar refractivity (Wildman–Crippen MR) is 104 cm³/mol. The average Bonchev–Trinajstić information content (AvgIpc) is 2.67. The molecule has 0 spiro atoms. The van der Waals surface area contributed by atoms with Crippen LogP contribution >= 0.6 is 0 Å². The maximum Gasteiger partial charge on any atom is 0.335 e. The quantitative estimate of drug-likeness (QED) is 0.428. The molecule has 2 aromatic heterocycles. The lowest BCUT2D eigenvalue weighted by molar-refractivity contribution is 0.0697. The molecule has 4 aromatic rings. The average molecular weight is 354 g/mol. The fraction of sp³-hybridized carbons (Fsp3) is 0.0476. The van der Waals surface area contributed by atoms with E-state index < -0.39 is 5.97 Å². The topological polar surface area (TPSA) is 88.0 Å². The molecule has 2 aromatic carbocycles. The second-order valence-corrected chi connectivity index (χ2v) is 6.03. The zero-order chi connectivity index (χ0) is 19.0. The number of hydrogen-bond acceptors (Lipinski definition) is 5. The van der Waals surface area contributed by atoms with Crippen LogP contribution in [0.15, 0.2) is 48.7 Å². The molecule has 2 heterocycles. The number of anilines is 2. The van der Waals surface area contributed by atoms with Gasteiger partial charge in [-0.15, -0.1) is 6.42 Å². The van der Waals surface area contributed by atoms with Crippen molar-refractivity contribution in [3.63, 3.8) is 0 Å². The Morgan fingerprint density at radius 1 is 1.15 bits per heavy atom. The van der Waals surface area contributed by atoms with Gasteiger partial charge in [-0.1, -0.05) is 18.1 Å². The Balaban J connectivity index is 1.97. The van der Waals surface area contributed by atoms with Crippen molar-refractivity contribution in [2.24, 2.45) is 0 Å². The molecule has 0 aliphatic heterocycles. The molecule has 0 atom stereocenters. The van der Waals surface area contributed by atoms with Crippen molar-refractivity contribution in [2.75, 3.05) is 5.32 Å². The first kappa shape index (κ1) is 16.5. The summed E-state index contributed by atoms with van der Waals surface area (Å²) in [7, 11) is 0. The van der Waals surface area contributed by atoms with Gasteiger partial charge in [0.05, 0.1) is 11.1 Å². The lowest BCUT2D eigenvalue weighted by atomic mass is 10.1. The minimum absolute atomic E-state index is 0.169. The van der Waals surface area contributed by atoms with Gasteiger partial charge in [0.2, 0.25) is 0 Å². The minimum atomic E-state index is -1.00. The van der Waals surface area contributed by atoms with Crippen LogP contribution in [-0.4, -0.2) is 26.0 Å². The Hall–Kier alpha value is -3.98. The summed E-state index contributed by atoms with van der Waals surface area (Å²) in [4.78, 5) is 24.7. The summed E-state index contributed by atoms with van der Waals surface area (Å²) in [6.07, 6.45) is 7.20. The molecule has 0 aliphatic carbocycles. The summed E-state index contributed by atoms with van der Waals surface area (Å²) in [6, 6.07) is 12.2. The van der Waals surface area contributed by atoms with Crippen LogP contribution in [0.2, 0.25) is 0 Å². The molecule has 0 unspecified atom stereocenters. The number of terminal acetylenes is 1.